The lowest BCUT2D eigenvalue weighted by atomic mass is 9.98. The molecule has 7 heteroatoms. The third kappa shape index (κ3) is 4.91. The quantitative estimate of drug-likeness (QED) is 0.468. The van der Waals surface area contributed by atoms with Crippen LogP contribution in [0.5, 0.6) is 0 Å². The zero-order chi connectivity index (χ0) is 20.1. The molecular formula is C20H22N2O5. The number of aryl methyl sites for hydroxylation is 2. The second-order valence-corrected chi connectivity index (χ2v) is 6.58. The van der Waals surface area contributed by atoms with Gasteiger partial charge < -0.3 is 10.1 Å². The number of hydrogen-bond acceptors (Lipinski definition) is 5. The lowest BCUT2D eigenvalue weighted by Gasteiger charge is -2.16. The van der Waals surface area contributed by atoms with Gasteiger partial charge in [-0.15, -0.1) is 0 Å². The third-order valence-electron chi connectivity index (χ3n) is 4.17. The Kier molecular flexibility index (Phi) is 6.28. The Morgan fingerprint density at radius 3 is 2.48 bits per heavy atom. The Hall–Kier alpha value is -3.22. The second-order valence-electron chi connectivity index (χ2n) is 6.58. The fraction of sp³-hybridized carbons (Fsp3) is 0.300. The maximum absolute atomic E-state index is 12.2. The first-order chi connectivity index (χ1) is 12.7. The molecule has 0 spiro atoms. The van der Waals surface area contributed by atoms with Crippen molar-refractivity contribution < 1.29 is 19.2 Å². The zero-order valence-corrected chi connectivity index (χ0v) is 15.7. The summed E-state index contributed by atoms with van der Waals surface area (Å²) < 4.78 is 5.00. The molecule has 0 atom stereocenters. The zero-order valence-electron chi connectivity index (χ0n) is 15.7. The van der Waals surface area contributed by atoms with Gasteiger partial charge in [-0.2, -0.15) is 0 Å². The van der Waals surface area contributed by atoms with Crippen LogP contribution in [0.25, 0.3) is 0 Å². The van der Waals surface area contributed by atoms with Crippen LogP contribution in [-0.2, 0) is 9.53 Å². The molecule has 0 unspecified atom stereocenters. The average Bonchev–Trinajstić information content (AvgIpc) is 2.61. The topological polar surface area (TPSA) is 98.5 Å². The number of benzene rings is 2. The van der Waals surface area contributed by atoms with Gasteiger partial charge in [-0.25, -0.2) is 4.79 Å². The van der Waals surface area contributed by atoms with Gasteiger partial charge in [-0.1, -0.05) is 38.1 Å². The first-order valence-corrected chi connectivity index (χ1v) is 8.52. The third-order valence-corrected chi connectivity index (χ3v) is 4.17. The van der Waals surface area contributed by atoms with E-state index in [1.165, 1.54) is 12.1 Å². The predicted molar refractivity (Wildman–Crippen MR) is 102 cm³/mol. The Balaban J connectivity index is 2.05. The van der Waals surface area contributed by atoms with E-state index in [0.717, 1.165) is 17.2 Å². The molecule has 0 aromatic heterocycles. The van der Waals surface area contributed by atoms with Crippen LogP contribution in [-0.4, -0.2) is 23.4 Å². The molecule has 0 aliphatic heterocycles. The highest BCUT2D eigenvalue weighted by atomic mass is 16.6. The molecule has 0 radical (unpaired) electrons. The molecule has 0 saturated carbocycles. The molecule has 142 valence electrons. The number of nitro groups is 1. The van der Waals surface area contributed by atoms with Gasteiger partial charge in [0, 0.05) is 17.3 Å². The van der Waals surface area contributed by atoms with E-state index >= 15 is 0 Å². The number of hydrogen-bond donors (Lipinski definition) is 1. The van der Waals surface area contributed by atoms with Crippen molar-refractivity contribution in [3.63, 3.8) is 0 Å². The number of anilines is 1. The minimum Gasteiger partial charge on any atom is -0.452 e. The van der Waals surface area contributed by atoms with Crippen molar-refractivity contribution in [3.8, 4) is 0 Å². The minimum atomic E-state index is -0.790. The smallest absolute Gasteiger partial charge is 0.338 e. The molecule has 1 N–H and O–H groups in total. The minimum absolute atomic E-state index is 0.0267. The lowest BCUT2D eigenvalue weighted by molar-refractivity contribution is -0.385. The Bertz CT molecular complexity index is 890. The van der Waals surface area contributed by atoms with Gasteiger partial charge in [0.1, 0.15) is 0 Å². The number of amides is 1. The summed E-state index contributed by atoms with van der Waals surface area (Å²) >= 11 is 0. The maximum Gasteiger partial charge on any atom is 0.338 e. The Morgan fingerprint density at radius 1 is 1.15 bits per heavy atom. The number of nitrogens with zero attached hydrogens (tertiary/aromatic N) is 1. The molecule has 0 bridgehead atoms. The van der Waals surface area contributed by atoms with Gasteiger partial charge in [0.2, 0.25) is 0 Å². The van der Waals surface area contributed by atoms with Crippen molar-refractivity contribution >= 4 is 23.3 Å². The van der Waals surface area contributed by atoms with Crippen LogP contribution < -0.4 is 5.32 Å². The highest BCUT2D eigenvalue weighted by Crippen LogP contribution is 2.27. The van der Waals surface area contributed by atoms with Crippen molar-refractivity contribution in [2.75, 3.05) is 11.9 Å². The van der Waals surface area contributed by atoms with Crippen molar-refractivity contribution in [3.05, 3.63) is 68.8 Å². The number of rotatable bonds is 6. The van der Waals surface area contributed by atoms with Gasteiger partial charge in [0.05, 0.1) is 10.5 Å². The van der Waals surface area contributed by atoms with Crippen LogP contribution in [0.1, 0.15) is 46.8 Å². The number of carbonyl (C=O) groups excluding carboxylic acids is 2. The summed E-state index contributed by atoms with van der Waals surface area (Å²) in [4.78, 5) is 34.7. The van der Waals surface area contributed by atoms with Crippen molar-refractivity contribution in [2.45, 2.75) is 33.6 Å². The van der Waals surface area contributed by atoms with Crippen LogP contribution in [0, 0.1) is 24.0 Å². The molecule has 0 heterocycles. The fourth-order valence-corrected chi connectivity index (χ4v) is 2.67. The molecule has 7 nitrogen and oxygen atoms in total. The first-order valence-electron chi connectivity index (χ1n) is 8.52. The van der Waals surface area contributed by atoms with Crippen LogP contribution in [0.3, 0.4) is 0 Å². The lowest BCUT2D eigenvalue weighted by Crippen LogP contribution is -2.22. The number of para-hydroxylation sites is 1. The van der Waals surface area contributed by atoms with E-state index in [9.17, 15) is 19.7 Å². The standard InChI is InChI=1S/C20H22N2O5/c1-12(2)16-7-5-6-14(4)19(16)21-18(23)11-27-20(24)15-9-8-13(3)17(10-15)22(25)26/h5-10,12H,11H2,1-4H3,(H,21,23). The molecule has 0 aliphatic carbocycles. The van der Waals surface area contributed by atoms with E-state index in [2.05, 4.69) is 5.32 Å². The predicted octanol–water partition coefficient (Wildman–Crippen LogP) is 4.13. The fourth-order valence-electron chi connectivity index (χ4n) is 2.67. The monoisotopic (exact) mass is 370 g/mol. The molecule has 2 aromatic rings. The second kappa shape index (κ2) is 8.44. The van der Waals surface area contributed by atoms with Crippen LogP contribution >= 0.6 is 0 Å². The largest absolute Gasteiger partial charge is 0.452 e. The van der Waals surface area contributed by atoms with Crippen molar-refractivity contribution in [1.82, 2.24) is 0 Å². The van der Waals surface area contributed by atoms with Gasteiger partial charge in [-0.3, -0.25) is 14.9 Å². The summed E-state index contributed by atoms with van der Waals surface area (Å²) in [7, 11) is 0. The maximum atomic E-state index is 12.2. The molecule has 27 heavy (non-hydrogen) atoms. The number of ether oxygens (including phenoxy) is 1. The van der Waals surface area contributed by atoms with E-state index in [4.69, 9.17) is 4.74 Å². The van der Waals surface area contributed by atoms with Gasteiger partial charge in [-0.05, 0) is 37.0 Å². The summed E-state index contributed by atoms with van der Waals surface area (Å²) in [5, 5.41) is 13.8. The molecule has 1 amide bonds. The summed E-state index contributed by atoms with van der Waals surface area (Å²) in [5.74, 6) is -1.04. The highest BCUT2D eigenvalue weighted by Gasteiger charge is 2.18. The summed E-state index contributed by atoms with van der Waals surface area (Å²) in [6.45, 7) is 7.03. The molecule has 2 aromatic carbocycles. The first kappa shape index (κ1) is 20.1. The highest BCUT2D eigenvalue weighted by molar-refractivity contribution is 5.96. The molecule has 0 saturated heterocycles. The molecular weight excluding hydrogens is 348 g/mol. The number of nitro benzene ring substituents is 1. The van der Waals surface area contributed by atoms with Gasteiger partial charge in [0.15, 0.2) is 6.61 Å². The van der Waals surface area contributed by atoms with Crippen LogP contribution in [0.15, 0.2) is 36.4 Å². The Morgan fingerprint density at radius 2 is 1.85 bits per heavy atom. The van der Waals surface area contributed by atoms with E-state index in [0.29, 0.717) is 11.3 Å². The Labute approximate surface area is 157 Å². The summed E-state index contributed by atoms with van der Waals surface area (Å²) in [6.07, 6.45) is 0. The summed E-state index contributed by atoms with van der Waals surface area (Å²) in [6, 6.07) is 9.79. The van der Waals surface area contributed by atoms with Crippen molar-refractivity contribution in [2.24, 2.45) is 0 Å². The number of esters is 1. The average molecular weight is 370 g/mol. The van der Waals surface area contributed by atoms with E-state index in [-0.39, 0.29) is 17.2 Å². The van der Waals surface area contributed by atoms with Crippen LogP contribution in [0.4, 0.5) is 11.4 Å². The molecule has 0 aliphatic rings. The van der Waals surface area contributed by atoms with Crippen molar-refractivity contribution in [1.29, 1.82) is 0 Å². The number of carbonyl (C=O) groups is 2. The SMILES string of the molecule is Cc1ccc(C(=O)OCC(=O)Nc2c(C)cccc2C(C)C)cc1[N+](=O)[O-]. The molecule has 0 fully saturated rings. The normalized spacial score (nSPS) is 10.6. The van der Waals surface area contributed by atoms with Gasteiger partial charge >= 0.3 is 5.97 Å². The summed E-state index contributed by atoms with van der Waals surface area (Å²) in [5.41, 5.74) is 2.91. The molecule has 2 rings (SSSR count). The number of nitrogens with one attached hydrogen (secondary N) is 1. The van der Waals surface area contributed by atoms with E-state index in [1.807, 2.05) is 39.0 Å². The van der Waals surface area contributed by atoms with Crippen LogP contribution in [0.2, 0.25) is 0 Å². The van der Waals surface area contributed by atoms with Gasteiger partial charge in [0.25, 0.3) is 11.6 Å². The van der Waals surface area contributed by atoms with E-state index < -0.39 is 23.4 Å². The van der Waals surface area contributed by atoms with E-state index in [1.54, 1.807) is 6.92 Å².